The van der Waals surface area contributed by atoms with Crippen LogP contribution in [0.4, 0.5) is 11.4 Å². The number of benzene rings is 2. The lowest BCUT2D eigenvalue weighted by molar-refractivity contribution is -0.140. The fourth-order valence-electron chi connectivity index (χ4n) is 6.23. The summed E-state index contributed by atoms with van der Waals surface area (Å²) in [6.07, 6.45) is 7.04. The van der Waals surface area contributed by atoms with Crippen LogP contribution < -0.4 is 10.6 Å². The van der Waals surface area contributed by atoms with E-state index in [1.165, 1.54) is 19.3 Å². The molecule has 4 aliphatic rings. The Morgan fingerprint density at radius 2 is 1.50 bits per heavy atom. The third-order valence-electron chi connectivity index (χ3n) is 7.17. The minimum atomic E-state index is -0.246. The van der Waals surface area contributed by atoms with Crippen LogP contribution in [0.2, 0.25) is 0 Å². The third kappa shape index (κ3) is 3.47. The quantitative estimate of drug-likeness (QED) is 0.762. The van der Waals surface area contributed by atoms with Gasteiger partial charge in [-0.1, -0.05) is 6.07 Å². The van der Waals surface area contributed by atoms with Crippen LogP contribution in [-0.2, 0) is 4.79 Å². The molecule has 0 heterocycles. The van der Waals surface area contributed by atoms with Gasteiger partial charge in [-0.15, -0.1) is 0 Å². The number of nitriles is 1. The summed E-state index contributed by atoms with van der Waals surface area (Å²) in [6.45, 7) is 0. The maximum Gasteiger partial charge on any atom is 0.255 e. The molecule has 4 saturated carbocycles. The van der Waals surface area contributed by atoms with Crippen molar-refractivity contribution in [3.63, 3.8) is 0 Å². The summed E-state index contributed by atoms with van der Waals surface area (Å²) in [5.41, 5.74) is 2.13. The van der Waals surface area contributed by atoms with Gasteiger partial charge in [0.1, 0.15) is 0 Å². The number of carbonyl (C=O) groups is 2. The summed E-state index contributed by atoms with van der Waals surface area (Å²) in [5.74, 6) is 2.10. The van der Waals surface area contributed by atoms with Crippen LogP contribution in [-0.4, -0.2) is 11.8 Å². The maximum atomic E-state index is 13.2. The molecule has 0 saturated heterocycles. The van der Waals surface area contributed by atoms with E-state index in [-0.39, 0.29) is 17.2 Å². The Labute approximate surface area is 176 Å². The first-order valence-corrected chi connectivity index (χ1v) is 10.8. The monoisotopic (exact) mass is 399 g/mol. The molecule has 5 heteroatoms. The number of nitrogens with zero attached hydrogens (tertiary/aromatic N) is 1. The summed E-state index contributed by atoms with van der Waals surface area (Å²) in [4.78, 5) is 25.7. The van der Waals surface area contributed by atoms with Crippen LogP contribution in [0.15, 0.2) is 48.5 Å². The van der Waals surface area contributed by atoms with Crippen molar-refractivity contribution >= 4 is 23.2 Å². The van der Waals surface area contributed by atoms with Gasteiger partial charge >= 0.3 is 0 Å². The summed E-state index contributed by atoms with van der Waals surface area (Å²) in [7, 11) is 0. The molecule has 4 bridgehead atoms. The highest BCUT2D eigenvalue weighted by Crippen LogP contribution is 2.60. The van der Waals surface area contributed by atoms with Crippen LogP contribution in [0.3, 0.4) is 0 Å². The van der Waals surface area contributed by atoms with Crippen molar-refractivity contribution in [1.29, 1.82) is 5.26 Å². The third-order valence-corrected chi connectivity index (χ3v) is 7.17. The van der Waals surface area contributed by atoms with E-state index in [9.17, 15) is 9.59 Å². The Morgan fingerprint density at radius 3 is 2.10 bits per heavy atom. The molecule has 0 atom stereocenters. The van der Waals surface area contributed by atoms with Crippen molar-refractivity contribution < 1.29 is 9.59 Å². The Hall–Kier alpha value is -3.13. The van der Waals surface area contributed by atoms with Crippen molar-refractivity contribution in [2.75, 3.05) is 10.6 Å². The highest BCUT2D eigenvalue weighted by atomic mass is 16.2. The molecule has 2 aromatic rings. The lowest BCUT2D eigenvalue weighted by Crippen LogP contribution is -2.51. The highest BCUT2D eigenvalue weighted by molar-refractivity contribution is 6.05. The standard InChI is InChI=1S/C25H25N3O2/c26-15-16-2-1-3-22(11-16)27-23(29)20-4-6-21(7-5-20)28-24(30)25-12-17-8-18(13-25)10-19(9-17)14-25/h1-7,11,17-19H,8-10,12-14H2,(H,27,29)(H,28,30). The molecule has 0 aliphatic heterocycles. The molecule has 5 nitrogen and oxygen atoms in total. The van der Waals surface area contributed by atoms with Crippen molar-refractivity contribution in [1.82, 2.24) is 0 Å². The molecule has 152 valence electrons. The molecule has 2 aromatic carbocycles. The van der Waals surface area contributed by atoms with Gasteiger partial charge in [-0.05, 0) is 98.7 Å². The first kappa shape index (κ1) is 18.9. The fourth-order valence-corrected chi connectivity index (χ4v) is 6.23. The number of amides is 2. The van der Waals surface area contributed by atoms with Crippen LogP contribution in [0.5, 0.6) is 0 Å². The zero-order chi connectivity index (χ0) is 20.7. The number of nitrogens with one attached hydrogen (secondary N) is 2. The Morgan fingerprint density at radius 1 is 0.867 bits per heavy atom. The molecule has 30 heavy (non-hydrogen) atoms. The fraction of sp³-hybridized carbons (Fsp3) is 0.400. The van der Waals surface area contributed by atoms with Gasteiger partial charge in [-0.3, -0.25) is 9.59 Å². The second-order valence-electron chi connectivity index (χ2n) is 9.38. The molecular formula is C25H25N3O2. The van der Waals surface area contributed by atoms with Crippen LogP contribution in [0.25, 0.3) is 0 Å². The molecule has 0 radical (unpaired) electrons. The predicted molar refractivity (Wildman–Crippen MR) is 115 cm³/mol. The number of carbonyl (C=O) groups excluding carboxylic acids is 2. The predicted octanol–water partition coefficient (Wildman–Crippen LogP) is 4.97. The smallest absolute Gasteiger partial charge is 0.255 e. The number of hydrogen-bond acceptors (Lipinski definition) is 3. The van der Waals surface area contributed by atoms with Crippen LogP contribution in [0, 0.1) is 34.5 Å². The average Bonchev–Trinajstić information content (AvgIpc) is 2.73. The molecule has 4 fully saturated rings. The van der Waals surface area contributed by atoms with E-state index in [2.05, 4.69) is 16.7 Å². The molecular weight excluding hydrogens is 374 g/mol. The van der Waals surface area contributed by atoms with E-state index in [4.69, 9.17) is 5.26 Å². The number of hydrogen-bond donors (Lipinski definition) is 2. The van der Waals surface area contributed by atoms with E-state index in [1.807, 2.05) is 0 Å². The summed E-state index contributed by atoms with van der Waals surface area (Å²) in [5, 5.41) is 14.9. The highest BCUT2D eigenvalue weighted by Gasteiger charge is 2.54. The molecule has 2 amide bonds. The molecule has 6 rings (SSSR count). The van der Waals surface area contributed by atoms with Crippen molar-refractivity contribution in [3.05, 3.63) is 59.7 Å². The molecule has 0 spiro atoms. The topological polar surface area (TPSA) is 82.0 Å². The van der Waals surface area contributed by atoms with Gasteiger partial charge in [-0.2, -0.15) is 5.26 Å². The largest absolute Gasteiger partial charge is 0.326 e. The SMILES string of the molecule is N#Cc1cccc(NC(=O)c2ccc(NC(=O)C34CC5CC(CC(C5)C3)C4)cc2)c1. The van der Waals surface area contributed by atoms with E-state index < -0.39 is 0 Å². The van der Waals surface area contributed by atoms with Gasteiger partial charge in [-0.25, -0.2) is 0 Å². The summed E-state index contributed by atoms with van der Waals surface area (Å²) < 4.78 is 0. The second-order valence-corrected chi connectivity index (χ2v) is 9.38. The van der Waals surface area contributed by atoms with Gasteiger partial charge in [0.05, 0.1) is 17.0 Å². The maximum absolute atomic E-state index is 13.2. The second kappa shape index (κ2) is 7.28. The van der Waals surface area contributed by atoms with Gasteiger partial charge in [0.25, 0.3) is 5.91 Å². The molecule has 4 aliphatic carbocycles. The Kier molecular flexibility index (Phi) is 4.58. The minimum absolute atomic E-state index is 0.159. The Bertz CT molecular complexity index is 1000. The Balaban J connectivity index is 1.24. The molecule has 0 unspecified atom stereocenters. The van der Waals surface area contributed by atoms with Gasteiger partial charge in [0.2, 0.25) is 5.91 Å². The molecule has 2 N–H and O–H groups in total. The van der Waals surface area contributed by atoms with Crippen LogP contribution >= 0.6 is 0 Å². The first-order chi connectivity index (χ1) is 14.5. The summed E-state index contributed by atoms with van der Waals surface area (Å²) in [6, 6.07) is 15.9. The normalized spacial score (nSPS) is 28.6. The van der Waals surface area contributed by atoms with Gasteiger partial charge in [0, 0.05) is 16.9 Å². The summed E-state index contributed by atoms with van der Waals surface area (Å²) >= 11 is 0. The number of anilines is 2. The van der Waals surface area contributed by atoms with E-state index >= 15 is 0 Å². The lowest BCUT2D eigenvalue weighted by Gasteiger charge is -2.55. The van der Waals surface area contributed by atoms with Crippen molar-refractivity contribution in [2.45, 2.75) is 38.5 Å². The lowest BCUT2D eigenvalue weighted by atomic mass is 9.49. The van der Waals surface area contributed by atoms with E-state index in [0.29, 0.717) is 16.8 Å². The van der Waals surface area contributed by atoms with Gasteiger partial charge in [0.15, 0.2) is 0 Å². The number of rotatable bonds is 4. The van der Waals surface area contributed by atoms with Crippen molar-refractivity contribution in [3.8, 4) is 6.07 Å². The average molecular weight is 399 g/mol. The van der Waals surface area contributed by atoms with Gasteiger partial charge < -0.3 is 10.6 Å². The van der Waals surface area contributed by atoms with Crippen LogP contribution in [0.1, 0.15) is 54.4 Å². The minimum Gasteiger partial charge on any atom is -0.326 e. The first-order valence-electron chi connectivity index (χ1n) is 10.8. The zero-order valence-electron chi connectivity index (χ0n) is 16.9. The zero-order valence-corrected chi connectivity index (χ0v) is 16.9. The van der Waals surface area contributed by atoms with E-state index in [0.717, 1.165) is 42.7 Å². The van der Waals surface area contributed by atoms with E-state index in [1.54, 1.807) is 48.5 Å². The van der Waals surface area contributed by atoms with Crippen molar-refractivity contribution in [2.24, 2.45) is 23.2 Å². The molecule has 0 aromatic heterocycles.